The van der Waals surface area contributed by atoms with Crippen LogP contribution in [0, 0.1) is 6.92 Å². The van der Waals surface area contributed by atoms with Gasteiger partial charge in [0.1, 0.15) is 5.75 Å². The Bertz CT molecular complexity index is 593. The molecular weight excluding hydrogens is 274 g/mol. The lowest BCUT2D eigenvalue weighted by Crippen LogP contribution is -2.39. The number of carbonyl (C=O) groups is 1. The Morgan fingerprint density at radius 1 is 1.09 bits per heavy atom. The average molecular weight is 297 g/mol. The van der Waals surface area contributed by atoms with Crippen LogP contribution in [0.4, 0.5) is 0 Å². The molecule has 0 fully saturated rings. The molecule has 22 heavy (non-hydrogen) atoms. The van der Waals surface area contributed by atoms with Crippen molar-refractivity contribution in [3.8, 4) is 5.75 Å². The van der Waals surface area contributed by atoms with Gasteiger partial charge in [-0.25, -0.2) is 0 Å². The van der Waals surface area contributed by atoms with Crippen molar-refractivity contribution in [1.82, 2.24) is 5.32 Å². The highest BCUT2D eigenvalue weighted by atomic mass is 16.5. The van der Waals surface area contributed by atoms with Crippen LogP contribution in [0.1, 0.15) is 37.4 Å². The summed E-state index contributed by atoms with van der Waals surface area (Å²) in [6, 6.07) is 17.6. The van der Waals surface area contributed by atoms with Crippen molar-refractivity contribution in [2.75, 3.05) is 0 Å². The predicted molar refractivity (Wildman–Crippen MR) is 88.9 cm³/mol. The first-order valence-corrected chi connectivity index (χ1v) is 7.68. The number of para-hydroxylation sites is 1. The molecule has 0 radical (unpaired) electrons. The molecule has 2 atom stereocenters. The molecule has 0 aliphatic rings. The van der Waals surface area contributed by atoms with Gasteiger partial charge >= 0.3 is 0 Å². The van der Waals surface area contributed by atoms with Crippen LogP contribution in [-0.4, -0.2) is 12.0 Å². The van der Waals surface area contributed by atoms with Crippen LogP contribution in [0.5, 0.6) is 5.75 Å². The van der Waals surface area contributed by atoms with E-state index < -0.39 is 6.10 Å². The molecule has 2 aromatic rings. The van der Waals surface area contributed by atoms with Crippen molar-refractivity contribution in [3.05, 3.63) is 65.7 Å². The Hall–Kier alpha value is -2.29. The summed E-state index contributed by atoms with van der Waals surface area (Å²) in [6.45, 7) is 5.98. The number of benzene rings is 2. The predicted octanol–water partition coefficient (Wildman–Crippen LogP) is 4.03. The number of ether oxygens (including phenoxy) is 1. The summed E-state index contributed by atoms with van der Waals surface area (Å²) in [4.78, 5) is 12.4. The van der Waals surface area contributed by atoms with E-state index in [4.69, 9.17) is 4.74 Å². The molecule has 0 aliphatic heterocycles. The van der Waals surface area contributed by atoms with Crippen LogP contribution in [0.15, 0.2) is 54.6 Å². The van der Waals surface area contributed by atoms with Gasteiger partial charge in [-0.05, 0) is 38.0 Å². The van der Waals surface area contributed by atoms with Crippen molar-refractivity contribution in [1.29, 1.82) is 0 Å². The molecule has 3 heteroatoms. The van der Waals surface area contributed by atoms with Gasteiger partial charge in [0.2, 0.25) is 0 Å². The minimum absolute atomic E-state index is 0.0403. The molecule has 0 aliphatic carbocycles. The highest BCUT2D eigenvalue weighted by Crippen LogP contribution is 2.16. The Balaban J connectivity index is 1.98. The normalized spacial score (nSPS) is 13.2. The molecule has 0 heterocycles. The van der Waals surface area contributed by atoms with Crippen molar-refractivity contribution >= 4 is 5.91 Å². The Labute approximate surface area is 132 Å². The minimum Gasteiger partial charge on any atom is -0.481 e. The van der Waals surface area contributed by atoms with Crippen molar-refractivity contribution in [2.45, 2.75) is 39.3 Å². The number of rotatable bonds is 6. The van der Waals surface area contributed by atoms with E-state index in [2.05, 4.69) is 17.4 Å². The summed E-state index contributed by atoms with van der Waals surface area (Å²) in [5.74, 6) is 0.631. The standard InChI is InChI=1S/C19H23NO2/c1-4-18(22-17-8-6-5-7-9-17)19(21)20-15(3)16-12-10-14(2)11-13-16/h5-13,15,18H,4H2,1-3H3,(H,20,21)/t15-,18+/m0/s1. The second-order valence-electron chi connectivity index (χ2n) is 5.47. The molecule has 116 valence electrons. The van der Waals surface area contributed by atoms with E-state index in [9.17, 15) is 4.79 Å². The maximum Gasteiger partial charge on any atom is 0.261 e. The quantitative estimate of drug-likeness (QED) is 0.874. The lowest BCUT2D eigenvalue weighted by molar-refractivity contribution is -0.128. The fourth-order valence-corrected chi connectivity index (χ4v) is 2.23. The molecule has 0 saturated heterocycles. The van der Waals surface area contributed by atoms with Crippen LogP contribution in [0.2, 0.25) is 0 Å². The van der Waals surface area contributed by atoms with Crippen molar-refractivity contribution in [3.63, 3.8) is 0 Å². The van der Waals surface area contributed by atoms with Gasteiger partial charge in [-0.3, -0.25) is 4.79 Å². The molecule has 0 spiro atoms. The third-order valence-electron chi connectivity index (χ3n) is 3.62. The summed E-state index contributed by atoms with van der Waals surface area (Å²) in [5, 5.41) is 3.02. The van der Waals surface area contributed by atoms with E-state index in [1.54, 1.807) is 0 Å². The zero-order valence-corrected chi connectivity index (χ0v) is 13.4. The van der Waals surface area contributed by atoms with Gasteiger partial charge in [0.15, 0.2) is 6.10 Å². The summed E-state index contributed by atoms with van der Waals surface area (Å²) in [5.41, 5.74) is 2.30. The molecule has 0 bridgehead atoms. The van der Waals surface area contributed by atoms with E-state index in [0.29, 0.717) is 12.2 Å². The van der Waals surface area contributed by atoms with Gasteiger partial charge in [-0.2, -0.15) is 0 Å². The van der Waals surface area contributed by atoms with E-state index >= 15 is 0 Å². The van der Waals surface area contributed by atoms with E-state index in [1.165, 1.54) is 5.56 Å². The molecule has 0 unspecified atom stereocenters. The molecule has 1 N–H and O–H groups in total. The first-order valence-electron chi connectivity index (χ1n) is 7.68. The third kappa shape index (κ3) is 4.35. The lowest BCUT2D eigenvalue weighted by atomic mass is 10.1. The summed E-state index contributed by atoms with van der Waals surface area (Å²) in [7, 11) is 0. The van der Waals surface area contributed by atoms with Crippen molar-refractivity contribution in [2.24, 2.45) is 0 Å². The Morgan fingerprint density at radius 3 is 2.32 bits per heavy atom. The number of aryl methyl sites for hydroxylation is 1. The number of hydrogen-bond donors (Lipinski definition) is 1. The largest absolute Gasteiger partial charge is 0.481 e. The van der Waals surface area contributed by atoms with E-state index in [-0.39, 0.29) is 11.9 Å². The summed E-state index contributed by atoms with van der Waals surface area (Å²) >= 11 is 0. The van der Waals surface area contributed by atoms with Gasteiger partial charge in [-0.1, -0.05) is 55.0 Å². The number of carbonyl (C=O) groups excluding carboxylic acids is 1. The third-order valence-corrected chi connectivity index (χ3v) is 3.62. The number of hydrogen-bond acceptors (Lipinski definition) is 2. The monoisotopic (exact) mass is 297 g/mol. The van der Waals surface area contributed by atoms with Gasteiger partial charge in [-0.15, -0.1) is 0 Å². The molecule has 0 aromatic heterocycles. The maximum atomic E-state index is 12.4. The molecular formula is C19H23NO2. The van der Waals surface area contributed by atoms with Gasteiger partial charge in [0.05, 0.1) is 6.04 Å². The fraction of sp³-hybridized carbons (Fsp3) is 0.316. The first-order chi connectivity index (χ1) is 10.6. The fourth-order valence-electron chi connectivity index (χ4n) is 2.23. The first kappa shape index (κ1) is 16.1. The van der Waals surface area contributed by atoms with Gasteiger partial charge in [0.25, 0.3) is 5.91 Å². The van der Waals surface area contributed by atoms with Crippen LogP contribution >= 0.6 is 0 Å². The minimum atomic E-state index is -0.477. The van der Waals surface area contributed by atoms with E-state index in [1.807, 2.05) is 63.2 Å². The second kappa shape index (κ2) is 7.64. The lowest BCUT2D eigenvalue weighted by Gasteiger charge is -2.21. The van der Waals surface area contributed by atoms with Crippen LogP contribution in [0.25, 0.3) is 0 Å². The molecule has 3 nitrogen and oxygen atoms in total. The van der Waals surface area contributed by atoms with E-state index in [0.717, 1.165) is 5.56 Å². The van der Waals surface area contributed by atoms with Crippen molar-refractivity contribution < 1.29 is 9.53 Å². The summed E-state index contributed by atoms with van der Waals surface area (Å²) in [6.07, 6.45) is 0.150. The highest BCUT2D eigenvalue weighted by molar-refractivity contribution is 5.81. The zero-order valence-electron chi connectivity index (χ0n) is 13.4. The molecule has 2 rings (SSSR count). The van der Waals surface area contributed by atoms with Crippen LogP contribution < -0.4 is 10.1 Å². The Kier molecular flexibility index (Phi) is 5.59. The summed E-state index contributed by atoms with van der Waals surface area (Å²) < 4.78 is 5.77. The number of nitrogens with one attached hydrogen (secondary N) is 1. The molecule has 1 amide bonds. The highest BCUT2D eigenvalue weighted by Gasteiger charge is 2.20. The van der Waals surface area contributed by atoms with Crippen LogP contribution in [0.3, 0.4) is 0 Å². The zero-order chi connectivity index (χ0) is 15.9. The molecule has 2 aromatic carbocycles. The number of amides is 1. The molecule has 0 saturated carbocycles. The Morgan fingerprint density at radius 2 is 1.73 bits per heavy atom. The van der Waals surface area contributed by atoms with Crippen LogP contribution in [-0.2, 0) is 4.79 Å². The smallest absolute Gasteiger partial charge is 0.261 e. The topological polar surface area (TPSA) is 38.3 Å². The second-order valence-corrected chi connectivity index (χ2v) is 5.47. The SMILES string of the molecule is CC[C@@H](Oc1ccccc1)C(=O)N[C@@H](C)c1ccc(C)cc1. The van der Waals surface area contributed by atoms with Gasteiger partial charge in [0, 0.05) is 0 Å². The maximum absolute atomic E-state index is 12.4. The average Bonchev–Trinajstić information content (AvgIpc) is 2.54. The van der Waals surface area contributed by atoms with Gasteiger partial charge < -0.3 is 10.1 Å².